The zero-order chi connectivity index (χ0) is 27.7. The molecule has 0 aliphatic carbocycles. The molecule has 2 N–H and O–H groups in total. The molecule has 0 bridgehead atoms. The molecule has 0 spiro atoms. The predicted octanol–water partition coefficient (Wildman–Crippen LogP) is 2.71. The molecular formula is C26H33N3O7S. The molecule has 200 valence electrons. The first-order chi connectivity index (χ1) is 17.4. The third kappa shape index (κ3) is 5.19. The first-order valence-electron chi connectivity index (χ1n) is 11.9. The zero-order valence-corrected chi connectivity index (χ0v) is 22.9. The van der Waals surface area contributed by atoms with Crippen LogP contribution in [0.1, 0.15) is 61.5 Å². The van der Waals surface area contributed by atoms with Gasteiger partial charge in [-0.25, -0.2) is 14.2 Å². The van der Waals surface area contributed by atoms with Gasteiger partial charge in [-0.2, -0.15) is 0 Å². The highest BCUT2D eigenvalue weighted by Gasteiger charge is 2.36. The Bertz CT molecular complexity index is 1450. The molecule has 0 unspecified atom stereocenters. The molecule has 37 heavy (non-hydrogen) atoms. The zero-order valence-electron chi connectivity index (χ0n) is 22.1. The fraction of sp³-hybridized carbons (Fsp3) is 0.462. The Kier molecular flexibility index (Phi) is 8.28. The highest BCUT2D eigenvalue weighted by Crippen LogP contribution is 2.31. The monoisotopic (exact) mass is 531 g/mol. The van der Waals surface area contributed by atoms with Gasteiger partial charge in [-0.1, -0.05) is 18.2 Å². The van der Waals surface area contributed by atoms with Crippen LogP contribution in [0.25, 0.3) is 10.2 Å². The maximum atomic E-state index is 13.9. The Balaban J connectivity index is 2.34. The van der Waals surface area contributed by atoms with Crippen LogP contribution in [0.15, 0.2) is 33.9 Å². The first-order valence-corrected chi connectivity index (χ1v) is 12.8. The summed E-state index contributed by atoms with van der Waals surface area (Å²) in [6.07, 6.45) is -1.19. The van der Waals surface area contributed by atoms with Gasteiger partial charge >= 0.3 is 11.7 Å². The van der Waals surface area contributed by atoms with Crippen molar-refractivity contribution in [3.8, 4) is 5.75 Å². The number of aliphatic hydroxyl groups excluding tert-OH is 1. The smallest absolute Gasteiger partial charge is 0.348 e. The van der Waals surface area contributed by atoms with E-state index in [2.05, 4.69) is 5.32 Å². The highest BCUT2D eigenvalue weighted by atomic mass is 32.1. The van der Waals surface area contributed by atoms with Gasteiger partial charge in [-0.3, -0.25) is 14.2 Å². The largest absolute Gasteiger partial charge is 0.496 e. The van der Waals surface area contributed by atoms with Crippen molar-refractivity contribution in [3.05, 3.63) is 61.1 Å². The van der Waals surface area contributed by atoms with E-state index in [-0.39, 0.29) is 34.3 Å². The lowest BCUT2D eigenvalue weighted by atomic mass is 10.0. The Labute approximate surface area is 218 Å². The van der Waals surface area contributed by atoms with Crippen molar-refractivity contribution in [3.63, 3.8) is 0 Å². The topological polar surface area (TPSA) is 129 Å². The molecule has 3 rings (SSSR count). The van der Waals surface area contributed by atoms with Crippen LogP contribution in [0, 0.1) is 6.92 Å². The van der Waals surface area contributed by atoms with Gasteiger partial charge in [-0.05, 0) is 53.2 Å². The predicted molar refractivity (Wildman–Crippen MR) is 142 cm³/mol. The summed E-state index contributed by atoms with van der Waals surface area (Å²) in [5.41, 5.74) is -2.26. The third-order valence-electron chi connectivity index (χ3n) is 6.06. The quantitative estimate of drug-likeness (QED) is 0.406. The van der Waals surface area contributed by atoms with E-state index in [0.717, 1.165) is 15.9 Å². The van der Waals surface area contributed by atoms with E-state index in [1.165, 1.54) is 25.5 Å². The molecule has 0 radical (unpaired) electrons. The van der Waals surface area contributed by atoms with Crippen molar-refractivity contribution in [2.24, 2.45) is 0 Å². The SMILES string of the molecule is CCOC(=O)c1sc2c(c1C)c(=O)n(C(C)(C)C(=O)NC(C)C)c(=O)n2C[C@H](O)c1ccccc1OC. The van der Waals surface area contributed by atoms with E-state index in [1.807, 2.05) is 0 Å². The lowest BCUT2D eigenvalue weighted by Crippen LogP contribution is -2.56. The second-order valence-electron chi connectivity index (χ2n) is 9.44. The van der Waals surface area contributed by atoms with E-state index >= 15 is 0 Å². The van der Waals surface area contributed by atoms with Gasteiger partial charge in [0.2, 0.25) is 5.91 Å². The molecule has 0 aliphatic heterocycles. The van der Waals surface area contributed by atoms with E-state index < -0.39 is 34.8 Å². The van der Waals surface area contributed by atoms with Crippen molar-refractivity contribution >= 4 is 33.4 Å². The van der Waals surface area contributed by atoms with Gasteiger partial charge in [0.1, 0.15) is 27.1 Å². The number of thiophene rings is 1. The van der Waals surface area contributed by atoms with E-state index in [0.29, 0.717) is 16.9 Å². The molecule has 0 aliphatic rings. The lowest BCUT2D eigenvalue weighted by molar-refractivity contribution is -0.129. The molecule has 0 fully saturated rings. The number of aliphatic hydroxyl groups is 1. The van der Waals surface area contributed by atoms with Crippen molar-refractivity contribution < 1.29 is 24.2 Å². The number of aromatic nitrogens is 2. The summed E-state index contributed by atoms with van der Waals surface area (Å²) in [7, 11) is 1.47. The minimum atomic E-state index is -1.57. The first kappa shape index (κ1) is 28.1. The number of hydrogen-bond acceptors (Lipinski definition) is 8. The minimum absolute atomic E-state index is 0.116. The molecule has 1 aromatic carbocycles. The fourth-order valence-electron chi connectivity index (χ4n) is 4.15. The average molecular weight is 532 g/mol. The number of nitrogens with one attached hydrogen (secondary N) is 1. The van der Waals surface area contributed by atoms with Crippen LogP contribution in [-0.2, 0) is 21.6 Å². The molecule has 2 aromatic heterocycles. The number of nitrogens with zero attached hydrogens (tertiary/aromatic N) is 2. The van der Waals surface area contributed by atoms with Crippen molar-refractivity contribution in [2.45, 2.75) is 65.8 Å². The highest BCUT2D eigenvalue weighted by molar-refractivity contribution is 7.20. The van der Waals surface area contributed by atoms with Gasteiger partial charge in [0.25, 0.3) is 5.56 Å². The van der Waals surface area contributed by atoms with Crippen molar-refractivity contribution in [2.75, 3.05) is 13.7 Å². The summed E-state index contributed by atoms with van der Waals surface area (Å²) in [4.78, 5) is 53.7. The number of amides is 1. The Hall–Kier alpha value is -3.44. The molecule has 3 aromatic rings. The molecule has 0 saturated heterocycles. The molecular weight excluding hydrogens is 498 g/mol. The number of carbonyl (C=O) groups excluding carboxylic acids is 2. The molecule has 1 amide bonds. The van der Waals surface area contributed by atoms with Gasteiger partial charge < -0.3 is 19.9 Å². The fourth-order valence-corrected chi connectivity index (χ4v) is 5.34. The summed E-state index contributed by atoms with van der Waals surface area (Å²) in [6, 6.07) is 6.62. The standard InChI is InChI=1S/C26H33N3O7S/c1-8-36-23(32)20-15(4)19-21(31)29(26(5,6)24(33)27-14(2)3)25(34)28(22(19)37-20)13-17(30)16-11-9-10-12-18(16)35-7/h9-12,14,17,30H,8,13H2,1-7H3,(H,27,33)/t17-/m0/s1. The van der Waals surface area contributed by atoms with E-state index in [9.17, 15) is 24.3 Å². The number of hydrogen-bond donors (Lipinski definition) is 2. The Morgan fingerprint density at radius 2 is 1.84 bits per heavy atom. The lowest BCUT2D eigenvalue weighted by Gasteiger charge is -2.28. The average Bonchev–Trinajstić information content (AvgIpc) is 3.18. The number of carbonyl (C=O) groups is 2. The van der Waals surface area contributed by atoms with E-state index in [4.69, 9.17) is 9.47 Å². The number of rotatable bonds is 9. The molecule has 11 heteroatoms. The Morgan fingerprint density at radius 1 is 1.19 bits per heavy atom. The van der Waals surface area contributed by atoms with E-state index in [1.54, 1.807) is 52.0 Å². The van der Waals surface area contributed by atoms with Crippen LogP contribution in [0.2, 0.25) is 0 Å². The van der Waals surface area contributed by atoms with Gasteiger partial charge in [0.15, 0.2) is 0 Å². The van der Waals surface area contributed by atoms with Crippen LogP contribution in [0.5, 0.6) is 5.75 Å². The number of fused-ring (bicyclic) bond motifs is 1. The van der Waals surface area contributed by atoms with Crippen LogP contribution in [0.3, 0.4) is 0 Å². The molecule has 1 atom stereocenters. The third-order valence-corrected chi connectivity index (χ3v) is 7.36. The number of para-hydroxylation sites is 1. The van der Waals surface area contributed by atoms with Gasteiger partial charge in [-0.15, -0.1) is 11.3 Å². The van der Waals surface area contributed by atoms with Crippen LogP contribution in [-0.4, -0.2) is 45.9 Å². The summed E-state index contributed by atoms with van der Waals surface area (Å²) in [5, 5.41) is 14.0. The normalized spacial score (nSPS) is 12.6. The maximum absolute atomic E-state index is 13.9. The number of aryl methyl sites for hydroxylation is 1. The maximum Gasteiger partial charge on any atom is 0.348 e. The summed E-state index contributed by atoms with van der Waals surface area (Å²) in [6.45, 7) is 9.67. The van der Waals surface area contributed by atoms with Crippen molar-refractivity contribution in [1.82, 2.24) is 14.5 Å². The summed E-state index contributed by atoms with van der Waals surface area (Å²) >= 11 is 0.945. The second kappa shape index (κ2) is 10.9. The number of benzene rings is 1. The number of methoxy groups -OCH3 is 1. The van der Waals surface area contributed by atoms with Crippen LogP contribution in [0.4, 0.5) is 0 Å². The minimum Gasteiger partial charge on any atom is -0.496 e. The number of ether oxygens (including phenoxy) is 2. The van der Waals surface area contributed by atoms with Gasteiger partial charge in [0, 0.05) is 11.6 Å². The summed E-state index contributed by atoms with van der Waals surface area (Å²) < 4.78 is 12.6. The molecule has 10 nitrogen and oxygen atoms in total. The molecule has 2 heterocycles. The van der Waals surface area contributed by atoms with Crippen molar-refractivity contribution in [1.29, 1.82) is 0 Å². The second-order valence-corrected chi connectivity index (χ2v) is 10.4. The van der Waals surface area contributed by atoms with Crippen LogP contribution >= 0.6 is 11.3 Å². The Morgan fingerprint density at radius 3 is 2.43 bits per heavy atom. The summed E-state index contributed by atoms with van der Waals surface area (Å²) in [5.74, 6) is -0.705. The van der Waals surface area contributed by atoms with Crippen LogP contribution < -0.4 is 21.3 Å². The van der Waals surface area contributed by atoms with Gasteiger partial charge in [0.05, 0.1) is 25.6 Å². The number of esters is 1. The molecule has 0 saturated carbocycles.